The Balaban J connectivity index is 1.72. The van der Waals surface area contributed by atoms with Crippen LogP contribution < -0.4 is 5.32 Å². The van der Waals surface area contributed by atoms with Crippen molar-refractivity contribution in [3.63, 3.8) is 0 Å². The largest absolute Gasteiger partial charge is 0.370 e. The zero-order valence-corrected chi connectivity index (χ0v) is 11.6. The zero-order chi connectivity index (χ0) is 14.7. The highest BCUT2D eigenvalue weighted by atomic mass is 15.3. The molecular formula is C15H14N6. The van der Waals surface area contributed by atoms with E-state index in [2.05, 4.69) is 32.5 Å². The van der Waals surface area contributed by atoms with Crippen LogP contribution in [0.4, 0.5) is 5.82 Å². The molecule has 0 aromatic carbocycles. The monoisotopic (exact) mass is 278 g/mol. The molecule has 0 atom stereocenters. The van der Waals surface area contributed by atoms with E-state index in [0.717, 1.165) is 30.0 Å². The summed E-state index contributed by atoms with van der Waals surface area (Å²) in [6.45, 7) is 2.75. The first kappa shape index (κ1) is 13.1. The Morgan fingerprint density at radius 3 is 2.90 bits per heavy atom. The highest BCUT2D eigenvalue weighted by Crippen LogP contribution is 2.12. The van der Waals surface area contributed by atoms with Crippen LogP contribution >= 0.6 is 0 Å². The molecule has 3 aromatic rings. The Kier molecular flexibility index (Phi) is 3.48. The van der Waals surface area contributed by atoms with Crippen molar-refractivity contribution >= 4 is 11.5 Å². The van der Waals surface area contributed by atoms with Crippen molar-refractivity contribution in [3.05, 3.63) is 53.6 Å². The first-order valence-electron chi connectivity index (χ1n) is 6.66. The second-order valence-corrected chi connectivity index (χ2v) is 4.74. The van der Waals surface area contributed by atoms with Gasteiger partial charge in [0.05, 0.1) is 6.20 Å². The van der Waals surface area contributed by atoms with E-state index >= 15 is 0 Å². The number of fused-ring (bicyclic) bond motifs is 1. The predicted octanol–water partition coefficient (Wildman–Crippen LogP) is 1.96. The van der Waals surface area contributed by atoms with Gasteiger partial charge in [-0.2, -0.15) is 14.9 Å². The summed E-state index contributed by atoms with van der Waals surface area (Å²) < 4.78 is 1.64. The third kappa shape index (κ3) is 2.67. The molecule has 0 amide bonds. The lowest BCUT2D eigenvalue weighted by atomic mass is 10.2. The predicted molar refractivity (Wildman–Crippen MR) is 78.9 cm³/mol. The standard InChI is InChI=1S/C15H14N6/c1-11-2-3-13(19-9-11)4-6-17-14-5-7-18-15-12(8-16)10-20-21(14)15/h2-3,5,7,9-10,17H,4,6H2,1H3. The molecule has 3 heterocycles. The minimum atomic E-state index is 0.471. The van der Waals surface area contributed by atoms with Gasteiger partial charge in [0.15, 0.2) is 5.65 Å². The highest BCUT2D eigenvalue weighted by molar-refractivity contribution is 5.57. The highest BCUT2D eigenvalue weighted by Gasteiger charge is 2.07. The smallest absolute Gasteiger partial charge is 0.175 e. The number of nitrogens with one attached hydrogen (secondary N) is 1. The lowest BCUT2D eigenvalue weighted by Crippen LogP contribution is -2.10. The van der Waals surface area contributed by atoms with E-state index in [4.69, 9.17) is 5.26 Å². The van der Waals surface area contributed by atoms with Crippen molar-refractivity contribution < 1.29 is 0 Å². The fourth-order valence-corrected chi connectivity index (χ4v) is 2.07. The number of nitriles is 1. The SMILES string of the molecule is Cc1ccc(CCNc2ccnc3c(C#N)cnn23)nc1. The van der Waals surface area contributed by atoms with Crippen LogP contribution in [0.25, 0.3) is 5.65 Å². The zero-order valence-electron chi connectivity index (χ0n) is 11.6. The molecule has 104 valence electrons. The van der Waals surface area contributed by atoms with Crippen LogP contribution in [0, 0.1) is 18.3 Å². The molecule has 0 unspecified atom stereocenters. The molecule has 6 nitrogen and oxygen atoms in total. The number of aromatic nitrogens is 4. The Hall–Kier alpha value is -2.94. The Morgan fingerprint density at radius 1 is 1.24 bits per heavy atom. The van der Waals surface area contributed by atoms with Gasteiger partial charge in [0.2, 0.25) is 0 Å². The Labute approximate surface area is 122 Å². The number of nitrogens with zero attached hydrogens (tertiary/aromatic N) is 5. The average Bonchev–Trinajstić information content (AvgIpc) is 2.93. The third-order valence-electron chi connectivity index (χ3n) is 3.18. The fourth-order valence-electron chi connectivity index (χ4n) is 2.07. The second-order valence-electron chi connectivity index (χ2n) is 4.74. The maximum atomic E-state index is 8.99. The van der Waals surface area contributed by atoms with E-state index in [1.165, 1.54) is 6.20 Å². The maximum absolute atomic E-state index is 8.99. The Morgan fingerprint density at radius 2 is 2.14 bits per heavy atom. The van der Waals surface area contributed by atoms with Gasteiger partial charge in [0, 0.05) is 31.1 Å². The van der Waals surface area contributed by atoms with Crippen molar-refractivity contribution in [2.75, 3.05) is 11.9 Å². The number of rotatable bonds is 4. The molecule has 0 fully saturated rings. The van der Waals surface area contributed by atoms with Gasteiger partial charge in [-0.1, -0.05) is 6.07 Å². The van der Waals surface area contributed by atoms with Crippen LogP contribution in [0.15, 0.2) is 36.8 Å². The van der Waals surface area contributed by atoms with Crippen molar-refractivity contribution in [2.24, 2.45) is 0 Å². The van der Waals surface area contributed by atoms with Crippen molar-refractivity contribution in [2.45, 2.75) is 13.3 Å². The van der Waals surface area contributed by atoms with E-state index in [1.54, 1.807) is 10.7 Å². The van der Waals surface area contributed by atoms with Gasteiger partial charge in [0.1, 0.15) is 17.5 Å². The van der Waals surface area contributed by atoms with Gasteiger partial charge in [0.25, 0.3) is 0 Å². The molecule has 0 bridgehead atoms. The fraction of sp³-hybridized carbons (Fsp3) is 0.200. The molecule has 0 aliphatic carbocycles. The summed E-state index contributed by atoms with van der Waals surface area (Å²) in [4.78, 5) is 8.55. The van der Waals surface area contributed by atoms with Crippen molar-refractivity contribution in [1.82, 2.24) is 19.6 Å². The van der Waals surface area contributed by atoms with E-state index in [0.29, 0.717) is 11.2 Å². The maximum Gasteiger partial charge on any atom is 0.175 e. The van der Waals surface area contributed by atoms with Crippen LogP contribution in [0.1, 0.15) is 16.8 Å². The molecule has 3 rings (SSSR count). The second kappa shape index (κ2) is 5.59. The van der Waals surface area contributed by atoms with Gasteiger partial charge in [-0.25, -0.2) is 4.98 Å². The van der Waals surface area contributed by atoms with E-state index in [-0.39, 0.29) is 0 Å². The van der Waals surface area contributed by atoms with Gasteiger partial charge in [-0.3, -0.25) is 4.98 Å². The third-order valence-corrected chi connectivity index (χ3v) is 3.18. The summed E-state index contributed by atoms with van der Waals surface area (Å²) in [5, 5.41) is 16.5. The van der Waals surface area contributed by atoms with Crippen LogP contribution in [0.5, 0.6) is 0 Å². The van der Waals surface area contributed by atoms with Crippen molar-refractivity contribution in [3.8, 4) is 6.07 Å². The molecule has 0 spiro atoms. The summed E-state index contributed by atoms with van der Waals surface area (Å²) in [6.07, 6.45) is 5.88. The molecule has 0 radical (unpaired) electrons. The van der Waals surface area contributed by atoms with Gasteiger partial charge in [-0.15, -0.1) is 0 Å². The molecule has 6 heteroatoms. The molecular weight excluding hydrogens is 264 g/mol. The topological polar surface area (TPSA) is 78.9 Å². The molecule has 0 aliphatic heterocycles. The summed E-state index contributed by atoms with van der Waals surface area (Å²) in [6, 6.07) is 8.00. The first-order chi connectivity index (χ1) is 10.3. The lowest BCUT2D eigenvalue weighted by Gasteiger charge is -2.07. The van der Waals surface area contributed by atoms with E-state index < -0.39 is 0 Å². The molecule has 3 aromatic heterocycles. The van der Waals surface area contributed by atoms with Crippen LogP contribution in [0.2, 0.25) is 0 Å². The number of hydrogen-bond donors (Lipinski definition) is 1. The minimum absolute atomic E-state index is 0.471. The number of aryl methyl sites for hydroxylation is 1. The number of hydrogen-bond acceptors (Lipinski definition) is 5. The first-order valence-corrected chi connectivity index (χ1v) is 6.66. The lowest BCUT2D eigenvalue weighted by molar-refractivity contribution is 0.899. The molecule has 0 aliphatic rings. The summed E-state index contributed by atoms with van der Waals surface area (Å²) in [7, 11) is 0. The number of anilines is 1. The molecule has 1 N–H and O–H groups in total. The molecule has 21 heavy (non-hydrogen) atoms. The summed E-state index contributed by atoms with van der Waals surface area (Å²) in [5.41, 5.74) is 3.23. The van der Waals surface area contributed by atoms with Crippen LogP contribution in [0.3, 0.4) is 0 Å². The summed E-state index contributed by atoms with van der Waals surface area (Å²) in [5.74, 6) is 0.814. The molecule has 0 saturated carbocycles. The van der Waals surface area contributed by atoms with Crippen LogP contribution in [-0.4, -0.2) is 26.1 Å². The Bertz CT molecular complexity index is 797. The van der Waals surface area contributed by atoms with Gasteiger partial charge in [-0.05, 0) is 24.6 Å². The van der Waals surface area contributed by atoms with Crippen molar-refractivity contribution in [1.29, 1.82) is 5.26 Å². The normalized spacial score (nSPS) is 10.5. The average molecular weight is 278 g/mol. The molecule has 0 saturated heterocycles. The number of pyridine rings is 1. The van der Waals surface area contributed by atoms with E-state index in [9.17, 15) is 0 Å². The van der Waals surface area contributed by atoms with E-state index in [1.807, 2.05) is 25.3 Å². The minimum Gasteiger partial charge on any atom is -0.370 e. The van der Waals surface area contributed by atoms with Gasteiger partial charge >= 0.3 is 0 Å². The van der Waals surface area contributed by atoms with Crippen LogP contribution in [-0.2, 0) is 6.42 Å². The quantitative estimate of drug-likeness (QED) is 0.789. The van der Waals surface area contributed by atoms with Gasteiger partial charge < -0.3 is 5.32 Å². The summed E-state index contributed by atoms with van der Waals surface area (Å²) >= 11 is 0.